The lowest BCUT2D eigenvalue weighted by Crippen LogP contribution is -2.59. The predicted molar refractivity (Wildman–Crippen MR) is 75.9 cm³/mol. The van der Waals surface area contributed by atoms with E-state index in [1.807, 2.05) is 31.2 Å². The van der Waals surface area contributed by atoms with Crippen LogP contribution in [0.1, 0.15) is 31.2 Å². The van der Waals surface area contributed by atoms with Crippen LogP contribution in [0.5, 0.6) is 5.75 Å². The van der Waals surface area contributed by atoms with E-state index < -0.39 is 11.5 Å². The van der Waals surface area contributed by atoms with E-state index in [0.717, 1.165) is 37.0 Å². The molecule has 2 aliphatic rings. The lowest BCUT2D eigenvalue weighted by Gasteiger charge is -2.31. The summed E-state index contributed by atoms with van der Waals surface area (Å²) >= 11 is 0. The van der Waals surface area contributed by atoms with E-state index >= 15 is 0 Å². The second kappa shape index (κ2) is 5.09. The third-order valence-corrected chi connectivity index (χ3v) is 4.15. The van der Waals surface area contributed by atoms with Gasteiger partial charge in [-0.3, -0.25) is 10.1 Å². The molecule has 0 spiro atoms. The molecule has 108 valence electrons. The number of carboxylic acids is 1. The van der Waals surface area contributed by atoms with E-state index in [1.54, 1.807) is 0 Å². The van der Waals surface area contributed by atoms with Crippen LogP contribution in [0.2, 0.25) is 0 Å². The van der Waals surface area contributed by atoms with Gasteiger partial charge in [-0.2, -0.15) is 0 Å². The maximum atomic E-state index is 11.8. The van der Waals surface area contributed by atoms with Gasteiger partial charge < -0.3 is 9.84 Å². The van der Waals surface area contributed by atoms with Gasteiger partial charge in [-0.25, -0.2) is 0 Å². The van der Waals surface area contributed by atoms with Crippen molar-refractivity contribution in [2.24, 2.45) is 5.92 Å². The minimum Gasteiger partial charge on any atom is -0.491 e. The number of carboxylic acid groups (broad SMARTS) is 1. The van der Waals surface area contributed by atoms with Crippen molar-refractivity contribution in [1.29, 1.82) is 0 Å². The van der Waals surface area contributed by atoms with Crippen LogP contribution >= 0.6 is 0 Å². The second-order valence-corrected chi connectivity index (χ2v) is 6.07. The molecule has 1 unspecified atom stereocenters. The molecule has 20 heavy (non-hydrogen) atoms. The van der Waals surface area contributed by atoms with Crippen molar-refractivity contribution in [3.8, 4) is 5.75 Å². The molecule has 0 bridgehead atoms. The highest BCUT2D eigenvalue weighted by molar-refractivity contribution is 5.80. The number of hydrogen-bond acceptors (Lipinski definition) is 3. The van der Waals surface area contributed by atoms with Crippen molar-refractivity contribution in [1.82, 2.24) is 5.32 Å². The second-order valence-electron chi connectivity index (χ2n) is 6.07. The van der Waals surface area contributed by atoms with Gasteiger partial charge in [0.2, 0.25) is 0 Å². The van der Waals surface area contributed by atoms with Gasteiger partial charge in [-0.15, -0.1) is 0 Å². The van der Waals surface area contributed by atoms with Gasteiger partial charge in [0, 0.05) is 6.04 Å². The molecular formula is C16H21NO3. The van der Waals surface area contributed by atoms with Gasteiger partial charge in [0.05, 0.1) is 0 Å². The number of rotatable bonds is 7. The zero-order valence-corrected chi connectivity index (χ0v) is 11.8. The average Bonchev–Trinajstić information content (AvgIpc) is 3.26. The molecule has 0 aliphatic heterocycles. The lowest BCUT2D eigenvalue weighted by atomic mass is 9.94. The first-order valence-electron chi connectivity index (χ1n) is 7.31. The Morgan fingerprint density at radius 3 is 2.70 bits per heavy atom. The van der Waals surface area contributed by atoms with Gasteiger partial charge in [-0.1, -0.05) is 12.1 Å². The maximum Gasteiger partial charge on any atom is 0.327 e. The Morgan fingerprint density at radius 2 is 2.15 bits per heavy atom. The molecule has 1 aromatic rings. The minimum absolute atomic E-state index is 0.199. The molecular weight excluding hydrogens is 254 g/mol. The first-order chi connectivity index (χ1) is 9.60. The summed E-state index contributed by atoms with van der Waals surface area (Å²) < 4.78 is 5.80. The molecule has 0 amide bonds. The van der Waals surface area contributed by atoms with Crippen LogP contribution in [0.15, 0.2) is 24.3 Å². The summed E-state index contributed by atoms with van der Waals surface area (Å²) in [5, 5.41) is 13.0. The highest BCUT2D eigenvalue weighted by Gasteiger charge is 2.54. The first kappa shape index (κ1) is 13.4. The number of ether oxygens (including phenoxy) is 1. The Bertz CT molecular complexity index is 508. The van der Waals surface area contributed by atoms with Gasteiger partial charge in [-0.05, 0) is 56.2 Å². The Morgan fingerprint density at radius 1 is 1.40 bits per heavy atom. The molecule has 2 saturated carbocycles. The first-order valence-corrected chi connectivity index (χ1v) is 7.31. The van der Waals surface area contributed by atoms with E-state index in [9.17, 15) is 9.90 Å². The normalized spacial score (nSPS) is 21.2. The molecule has 0 radical (unpaired) electrons. The fraction of sp³-hybridized carbons (Fsp3) is 0.562. The fourth-order valence-electron chi connectivity index (χ4n) is 2.65. The van der Waals surface area contributed by atoms with Crippen LogP contribution in [0.4, 0.5) is 0 Å². The van der Waals surface area contributed by atoms with Crippen molar-refractivity contribution in [2.45, 2.75) is 44.2 Å². The zero-order valence-electron chi connectivity index (χ0n) is 11.8. The highest BCUT2D eigenvalue weighted by atomic mass is 16.5. The minimum atomic E-state index is -0.912. The number of aryl methyl sites for hydroxylation is 1. The van der Waals surface area contributed by atoms with Crippen molar-refractivity contribution in [2.75, 3.05) is 6.61 Å². The maximum absolute atomic E-state index is 11.8. The van der Waals surface area contributed by atoms with Gasteiger partial charge in [0.25, 0.3) is 0 Å². The van der Waals surface area contributed by atoms with Crippen LogP contribution in [0, 0.1) is 12.8 Å². The third kappa shape index (κ3) is 2.80. The van der Waals surface area contributed by atoms with Crippen molar-refractivity contribution < 1.29 is 14.6 Å². The van der Waals surface area contributed by atoms with Crippen molar-refractivity contribution >= 4 is 5.97 Å². The smallest absolute Gasteiger partial charge is 0.327 e. The molecule has 2 fully saturated rings. The summed E-state index contributed by atoms with van der Waals surface area (Å²) in [5.74, 6) is 0.166. The number of aliphatic carboxylic acids is 1. The number of benzene rings is 1. The fourth-order valence-corrected chi connectivity index (χ4v) is 2.65. The van der Waals surface area contributed by atoms with E-state index in [-0.39, 0.29) is 12.5 Å². The molecule has 0 heterocycles. The summed E-state index contributed by atoms with van der Waals surface area (Å²) in [4.78, 5) is 11.8. The van der Waals surface area contributed by atoms with Gasteiger partial charge in [0.15, 0.2) is 5.54 Å². The monoisotopic (exact) mass is 275 g/mol. The topological polar surface area (TPSA) is 58.6 Å². The molecule has 3 rings (SSSR count). The number of nitrogens with one attached hydrogen (secondary N) is 1. The average molecular weight is 275 g/mol. The van der Waals surface area contributed by atoms with E-state index in [4.69, 9.17) is 4.74 Å². The van der Waals surface area contributed by atoms with Crippen LogP contribution in [-0.2, 0) is 4.79 Å². The SMILES string of the molecule is Cc1cccc(OCC(NC2CC2)(C(=O)O)C2CC2)c1. The molecule has 2 N–H and O–H groups in total. The highest BCUT2D eigenvalue weighted by Crippen LogP contribution is 2.42. The van der Waals surface area contributed by atoms with Crippen LogP contribution in [0.3, 0.4) is 0 Å². The van der Waals surface area contributed by atoms with Crippen molar-refractivity contribution in [3.05, 3.63) is 29.8 Å². The molecule has 2 aliphatic carbocycles. The van der Waals surface area contributed by atoms with E-state index in [2.05, 4.69) is 5.32 Å². The standard InChI is InChI=1S/C16H21NO3/c1-11-3-2-4-14(9-11)20-10-16(15(18)19,12-5-6-12)17-13-7-8-13/h2-4,9,12-13,17H,5-8,10H2,1H3,(H,18,19). The van der Waals surface area contributed by atoms with Crippen molar-refractivity contribution in [3.63, 3.8) is 0 Å². The Kier molecular flexibility index (Phi) is 3.42. The molecule has 1 aromatic carbocycles. The molecule has 4 heteroatoms. The van der Waals surface area contributed by atoms with Gasteiger partial charge >= 0.3 is 5.97 Å². The van der Waals surface area contributed by atoms with Crippen LogP contribution < -0.4 is 10.1 Å². The third-order valence-electron chi connectivity index (χ3n) is 4.15. The zero-order chi connectivity index (χ0) is 14.2. The molecule has 0 aromatic heterocycles. The molecule has 4 nitrogen and oxygen atoms in total. The number of carbonyl (C=O) groups is 1. The van der Waals surface area contributed by atoms with Crippen LogP contribution in [0.25, 0.3) is 0 Å². The summed E-state index contributed by atoms with van der Waals surface area (Å²) in [6.07, 6.45) is 4.10. The summed E-state index contributed by atoms with van der Waals surface area (Å²) in [6.45, 7) is 2.20. The predicted octanol–water partition coefficient (Wildman–Crippen LogP) is 2.36. The largest absolute Gasteiger partial charge is 0.491 e. The summed E-state index contributed by atoms with van der Waals surface area (Å²) in [5.41, 5.74) is 0.204. The Hall–Kier alpha value is -1.55. The van der Waals surface area contributed by atoms with Gasteiger partial charge in [0.1, 0.15) is 12.4 Å². The molecule has 1 atom stereocenters. The Balaban J connectivity index is 1.73. The number of hydrogen-bond donors (Lipinski definition) is 2. The van der Waals surface area contributed by atoms with Crippen LogP contribution in [-0.4, -0.2) is 29.3 Å². The van der Waals surface area contributed by atoms with E-state index in [0.29, 0.717) is 6.04 Å². The Labute approximate surface area is 119 Å². The summed E-state index contributed by atoms with van der Waals surface area (Å²) in [6, 6.07) is 8.10. The summed E-state index contributed by atoms with van der Waals surface area (Å²) in [7, 11) is 0. The van der Waals surface area contributed by atoms with E-state index in [1.165, 1.54) is 0 Å². The molecule has 0 saturated heterocycles. The quantitative estimate of drug-likeness (QED) is 0.802. The lowest BCUT2D eigenvalue weighted by molar-refractivity contribution is -0.147.